The summed E-state index contributed by atoms with van der Waals surface area (Å²) in [6.45, 7) is 1.85. The first kappa shape index (κ1) is 12.8. The number of fused-ring (bicyclic) bond motifs is 1. The quantitative estimate of drug-likeness (QED) is 0.815. The molecule has 3 rings (SSSR count). The Labute approximate surface area is 114 Å². The lowest BCUT2D eigenvalue weighted by molar-refractivity contribution is -0.172. The number of hydrogen-bond acceptors (Lipinski definition) is 2. The number of benzene rings is 2. The van der Waals surface area contributed by atoms with Crippen LogP contribution in [0.1, 0.15) is 11.1 Å². The fourth-order valence-electron chi connectivity index (χ4n) is 2.44. The zero-order chi connectivity index (χ0) is 14.4. The molecule has 0 amide bonds. The second-order valence-corrected chi connectivity index (χ2v) is 4.91. The summed E-state index contributed by atoms with van der Waals surface area (Å²) < 4.78 is 40.9. The van der Waals surface area contributed by atoms with Gasteiger partial charge >= 0.3 is 6.18 Å². The molecule has 0 aromatic heterocycles. The van der Waals surface area contributed by atoms with Crippen molar-refractivity contribution in [3.05, 3.63) is 59.7 Å². The second-order valence-electron chi connectivity index (χ2n) is 4.91. The van der Waals surface area contributed by atoms with Gasteiger partial charge < -0.3 is 10.6 Å². The van der Waals surface area contributed by atoms with Crippen molar-refractivity contribution in [1.82, 2.24) is 0 Å². The summed E-state index contributed by atoms with van der Waals surface area (Å²) in [7, 11) is 0. The van der Waals surface area contributed by atoms with Crippen LogP contribution in [0.5, 0.6) is 0 Å². The smallest absolute Gasteiger partial charge is 0.350 e. The molecule has 0 fully saturated rings. The average molecular weight is 278 g/mol. The SMILES string of the molecule is Cc1ccc2c(c1)NC(c1ccccc1)(C(F)(F)F)N2. The van der Waals surface area contributed by atoms with Gasteiger partial charge in [0.2, 0.25) is 5.66 Å². The number of anilines is 2. The molecule has 1 aliphatic heterocycles. The van der Waals surface area contributed by atoms with Crippen LogP contribution in [0.15, 0.2) is 48.5 Å². The number of alkyl halides is 3. The Morgan fingerprint density at radius 1 is 0.900 bits per heavy atom. The Hall–Kier alpha value is -2.17. The van der Waals surface area contributed by atoms with Gasteiger partial charge in [0.25, 0.3) is 0 Å². The number of rotatable bonds is 1. The fourth-order valence-corrected chi connectivity index (χ4v) is 2.44. The zero-order valence-electron chi connectivity index (χ0n) is 10.8. The molecule has 0 radical (unpaired) electrons. The lowest BCUT2D eigenvalue weighted by Gasteiger charge is -2.33. The van der Waals surface area contributed by atoms with Gasteiger partial charge in [-0.15, -0.1) is 0 Å². The molecule has 2 N–H and O–H groups in total. The second kappa shape index (κ2) is 4.16. The maximum atomic E-state index is 13.6. The molecule has 1 heterocycles. The molecule has 0 spiro atoms. The van der Waals surface area contributed by atoms with Gasteiger partial charge in [-0.3, -0.25) is 0 Å². The third-order valence-corrected chi connectivity index (χ3v) is 3.45. The zero-order valence-corrected chi connectivity index (χ0v) is 10.8. The van der Waals surface area contributed by atoms with Crippen LogP contribution >= 0.6 is 0 Å². The van der Waals surface area contributed by atoms with E-state index in [0.717, 1.165) is 5.56 Å². The Morgan fingerprint density at radius 3 is 2.20 bits per heavy atom. The summed E-state index contributed by atoms with van der Waals surface area (Å²) in [6, 6.07) is 13.0. The molecular formula is C15H13F3N2. The molecular weight excluding hydrogens is 265 g/mol. The highest BCUT2D eigenvalue weighted by molar-refractivity contribution is 5.78. The predicted octanol–water partition coefficient (Wildman–Crippen LogP) is 4.25. The molecule has 2 aromatic carbocycles. The molecule has 2 aromatic rings. The number of nitrogens with one attached hydrogen (secondary N) is 2. The van der Waals surface area contributed by atoms with Crippen molar-refractivity contribution < 1.29 is 13.2 Å². The molecule has 5 heteroatoms. The Morgan fingerprint density at radius 2 is 1.55 bits per heavy atom. The van der Waals surface area contributed by atoms with Gasteiger partial charge in [0, 0.05) is 5.56 Å². The van der Waals surface area contributed by atoms with E-state index in [2.05, 4.69) is 10.6 Å². The van der Waals surface area contributed by atoms with E-state index in [0.29, 0.717) is 11.4 Å². The van der Waals surface area contributed by atoms with Crippen molar-refractivity contribution in [2.75, 3.05) is 10.6 Å². The monoisotopic (exact) mass is 278 g/mol. The molecule has 1 aliphatic rings. The summed E-state index contributed by atoms with van der Waals surface area (Å²) in [5.74, 6) is 0. The van der Waals surface area contributed by atoms with Gasteiger partial charge in [-0.05, 0) is 24.6 Å². The molecule has 1 unspecified atom stereocenters. The van der Waals surface area contributed by atoms with Crippen LogP contribution in [0.25, 0.3) is 0 Å². The van der Waals surface area contributed by atoms with Crippen LogP contribution in [-0.2, 0) is 5.66 Å². The summed E-state index contributed by atoms with van der Waals surface area (Å²) in [5.41, 5.74) is -0.307. The maximum absolute atomic E-state index is 13.6. The fraction of sp³-hybridized carbons (Fsp3) is 0.200. The highest BCUT2D eigenvalue weighted by atomic mass is 19.4. The van der Waals surface area contributed by atoms with Crippen molar-refractivity contribution in [3.63, 3.8) is 0 Å². The molecule has 20 heavy (non-hydrogen) atoms. The van der Waals surface area contributed by atoms with Crippen LogP contribution in [0.2, 0.25) is 0 Å². The standard InChI is InChI=1S/C15H13F3N2/c1-10-7-8-12-13(9-10)20-14(19-12,15(16,17)18)11-5-3-2-4-6-11/h2-9,19-20H,1H3. The number of aryl methyl sites for hydroxylation is 1. The van der Waals surface area contributed by atoms with Crippen molar-refractivity contribution in [2.45, 2.75) is 18.8 Å². The lowest BCUT2D eigenvalue weighted by atomic mass is 9.99. The normalized spacial score (nSPS) is 21.0. The van der Waals surface area contributed by atoms with Crippen molar-refractivity contribution >= 4 is 11.4 Å². The highest BCUT2D eigenvalue weighted by Gasteiger charge is 2.59. The Kier molecular flexibility index (Phi) is 2.67. The van der Waals surface area contributed by atoms with E-state index in [1.54, 1.807) is 36.4 Å². The molecule has 0 bridgehead atoms. The number of halogens is 3. The van der Waals surface area contributed by atoms with Crippen molar-refractivity contribution in [1.29, 1.82) is 0 Å². The average Bonchev–Trinajstić information content (AvgIpc) is 2.79. The van der Waals surface area contributed by atoms with E-state index < -0.39 is 11.8 Å². The minimum Gasteiger partial charge on any atom is -0.350 e. The Bertz CT molecular complexity index is 637. The van der Waals surface area contributed by atoms with E-state index in [-0.39, 0.29) is 5.56 Å². The van der Waals surface area contributed by atoms with Crippen LogP contribution < -0.4 is 10.6 Å². The largest absolute Gasteiger partial charge is 0.434 e. The first-order valence-electron chi connectivity index (χ1n) is 6.22. The van der Waals surface area contributed by atoms with Crippen LogP contribution in [-0.4, -0.2) is 6.18 Å². The summed E-state index contributed by atoms with van der Waals surface area (Å²) >= 11 is 0. The van der Waals surface area contributed by atoms with E-state index in [1.165, 1.54) is 12.1 Å². The van der Waals surface area contributed by atoms with E-state index in [1.807, 2.05) is 6.92 Å². The van der Waals surface area contributed by atoms with Crippen molar-refractivity contribution in [2.24, 2.45) is 0 Å². The van der Waals surface area contributed by atoms with Crippen LogP contribution in [0.4, 0.5) is 24.5 Å². The molecule has 0 saturated heterocycles. The third-order valence-electron chi connectivity index (χ3n) is 3.45. The third kappa shape index (κ3) is 1.81. The summed E-state index contributed by atoms with van der Waals surface area (Å²) in [4.78, 5) is 0. The first-order chi connectivity index (χ1) is 9.42. The van der Waals surface area contributed by atoms with Gasteiger partial charge in [-0.25, -0.2) is 0 Å². The molecule has 0 aliphatic carbocycles. The van der Waals surface area contributed by atoms with E-state index in [4.69, 9.17) is 0 Å². The highest BCUT2D eigenvalue weighted by Crippen LogP contribution is 2.48. The summed E-state index contributed by atoms with van der Waals surface area (Å²) in [5, 5.41) is 5.20. The molecule has 104 valence electrons. The number of hydrogen-bond donors (Lipinski definition) is 2. The van der Waals surface area contributed by atoms with Gasteiger partial charge in [0.1, 0.15) is 0 Å². The van der Waals surface area contributed by atoms with Crippen LogP contribution in [0.3, 0.4) is 0 Å². The van der Waals surface area contributed by atoms with Gasteiger partial charge in [-0.1, -0.05) is 36.4 Å². The Balaban J connectivity index is 2.13. The topological polar surface area (TPSA) is 24.1 Å². The molecule has 2 nitrogen and oxygen atoms in total. The maximum Gasteiger partial charge on any atom is 0.434 e. The van der Waals surface area contributed by atoms with E-state index in [9.17, 15) is 13.2 Å². The minimum atomic E-state index is -4.47. The molecule has 0 saturated carbocycles. The van der Waals surface area contributed by atoms with Crippen molar-refractivity contribution in [3.8, 4) is 0 Å². The summed E-state index contributed by atoms with van der Waals surface area (Å²) in [6.07, 6.45) is -4.47. The first-order valence-corrected chi connectivity index (χ1v) is 6.22. The van der Waals surface area contributed by atoms with Crippen LogP contribution in [0, 0.1) is 6.92 Å². The molecule has 1 atom stereocenters. The van der Waals surface area contributed by atoms with Gasteiger partial charge in [0.05, 0.1) is 11.4 Å². The van der Waals surface area contributed by atoms with Gasteiger partial charge in [0.15, 0.2) is 0 Å². The predicted molar refractivity (Wildman–Crippen MR) is 72.6 cm³/mol. The van der Waals surface area contributed by atoms with Gasteiger partial charge in [-0.2, -0.15) is 13.2 Å². The minimum absolute atomic E-state index is 0.140. The lowest BCUT2D eigenvalue weighted by Crippen LogP contribution is -2.52. The van der Waals surface area contributed by atoms with E-state index >= 15 is 0 Å².